The second-order valence-corrected chi connectivity index (χ2v) is 4.05. The van der Waals surface area contributed by atoms with Crippen molar-refractivity contribution in [1.29, 1.82) is 0 Å². The van der Waals surface area contributed by atoms with Gasteiger partial charge in [-0.05, 0) is 33.1 Å². The van der Waals surface area contributed by atoms with Crippen molar-refractivity contribution in [3.63, 3.8) is 0 Å². The molecular weight excluding hydrogens is 190 g/mol. The van der Waals surface area contributed by atoms with E-state index in [1.165, 1.54) is 6.92 Å². The molecule has 1 saturated carbocycles. The molecule has 0 aromatic rings. The molecule has 0 heterocycles. The third-order valence-corrected chi connectivity index (χ3v) is 3.36. The molecule has 0 bridgehead atoms. The number of Topliss-reactive ketones (excluding diaryl/α,β-unsaturated/α-hetero) is 1. The molecule has 0 radical (unpaired) electrons. The summed E-state index contributed by atoms with van der Waals surface area (Å²) in [6.45, 7) is 10.4. The minimum atomic E-state index is -0.770. The lowest BCUT2D eigenvalue weighted by molar-refractivity contribution is -0.142. The minimum Gasteiger partial charge on any atom is -0.342 e. The third-order valence-electron chi connectivity index (χ3n) is 3.36. The lowest BCUT2D eigenvalue weighted by atomic mass is 9.96. The zero-order valence-corrected chi connectivity index (χ0v) is 9.75. The van der Waals surface area contributed by atoms with Gasteiger partial charge in [0.25, 0.3) is 0 Å². The first-order chi connectivity index (χ1) is 7.04. The van der Waals surface area contributed by atoms with Crippen LogP contribution in [0.2, 0.25) is 0 Å². The number of amides is 1. The Morgan fingerprint density at radius 2 is 2.00 bits per heavy atom. The molecule has 1 aliphatic carbocycles. The fourth-order valence-corrected chi connectivity index (χ4v) is 2.17. The summed E-state index contributed by atoms with van der Waals surface area (Å²) in [4.78, 5) is 25.5. The molecule has 3 nitrogen and oxygen atoms in total. The Kier molecular flexibility index (Phi) is 3.32. The Balaban J connectivity index is 2.89. The summed E-state index contributed by atoms with van der Waals surface area (Å²) in [5, 5.41) is 0. The van der Waals surface area contributed by atoms with Gasteiger partial charge >= 0.3 is 0 Å². The van der Waals surface area contributed by atoms with Crippen LogP contribution < -0.4 is 0 Å². The number of carbonyl (C=O) groups is 2. The molecular formula is C12H19NO2. The van der Waals surface area contributed by atoms with Gasteiger partial charge in [-0.25, -0.2) is 0 Å². The molecule has 0 N–H and O–H groups in total. The van der Waals surface area contributed by atoms with Crippen LogP contribution in [-0.2, 0) is 9.59 Å². The maximum absolute atomic E-state index is 12.2. The Morgan fingerprint density at radius 1 is 1.47 bits per heavy atom. The highest BCUT2D eigenvalue weighted by Crippen LogP contribution is 2.55. The first-order valence-electron chi connectivity index (χ1n) is 5.47. The van der Waals surface area contributed by atoms with Gasteiger partial charge < -0.3 is 4.90 Å². The van der Waals surface area contributed by atoms with Crippen molar-refractivity contribution in [2.24, 2.45) is 11.3 Å². The fraction of sp³-hybridized carbons (Fsp3) is 0.667. The van der Waals surface area contributed by atoms with E-state index in [4.69, 9.17) is 0 Å². The van der Waals surface area contributed by atoms with Crippen molar-refractivity contribution in [2.45, 2.75) is 27.2 Å². The van der Waals surface area contributed by atoms with Crippen molar-refractivity contribution in [1.82, 2.24) is 4.90 Å². The summed E-state index contributed by atoms with van der Waals surface area (Å²) in [5.41, 5.74) is -0.770. The highest BCUT2D eigenvalue weighted by atomic mass is 16.2. The van der Waals surface area contributed by atoms with Crippen LogP contribution in [0.1, 0.15) is 27.2 Å². The minimum absolute atomic E-state index is 0.0232. The average Bonchev–Trinajstić information content (AvgIpc) is 2.94. The Labute approximate surface area is 91.1 Å². The van der Waals surface area contributed by atoms with Gasteiger partial charge in [0.05, 0.1) is 0 Å². The number of ketones is 1. The molecule has 0 aromatic heterocycles. The molecule has 1 aliphatic rings. The summed E-state index contributed by atoms with van der Waals surface area (Å²) in [6, 6.07) is 0. The van der Waals surface area contributed by atoms with Crippen LogP contribution in [0.25, 0.3) is 0 Å². The normalized spacial score (nSPS) is 28.3. The largest absolute Gasteiger partial charge is 0.342 e. The van der Waals surface area contributed by atoms with Crippen molar-refractivity contribution in [3.8, 4) is 0 Å². The van der Waals surface area contributed by atoms with Gasteiger partial charge in [0.1, 0.15) is 11.2 Å². The van der Waals surface area contributed by atoms with E-state index in [0.29, 0.717) is 19.5 Å². The molecule has 3 heteroatoms. The maximum atomic E-state index is 12.2. The molecule has 0 aliphatic heterocycles. The van der Waals surface area contributed by atoms with E-state index in [9.17, 15) is 9.59 Å². The van der Waals surface area contributed by atoms with Gasteiger partial charge in [-0.3, -0.25) is 9.59 Å². The van der Waals surface area contributed by atoms with Crippen molar-refractivity contribution >= 4 is 11.7 Å². The van der Waals surface area contributed by atoms with E-state index in [1.54, 1.807) is 11.0 Å². The first kappa shape index (κ1) is 12.0. The van der Waals surface area contributed by atoms with Crippen molar-refractivity contribution < 1.29 is 9.59 Å². The number of nitrogens with zero attached hydrogens (tertiary/aromatic N) is 1. The molecule has 1 fully saturated rings. The summed E-state index contributed by atoms with van der Waals surface area (Å²) >= 11 is 0. The smallest absolute Gasteiger partial charge is 0.236 e. The molecule has 2 atom stereocenters. The summed E-state index contributed by atoms with van der Waals surface area (Å²) in [6.07, 6.45) is 2.37. The number of rotatable bonds is 5. The van der Waals surface area contributed by atoms with E-state index >= 15 is 0 Å². The Morgan fingerprint density at radius 3 is 2.27 bits per heavy atom. The van der Waals surface area contributed by atoms with Gasteiger partial charge in [-0.2, -0.15) is 0 Å². The standard InChI is InChI=1S/C12H19NO2/c1-5-10-8-12(10,9(4)14)11(15)13(6-2)7-3/h5,10H,1,6-8H2,2-4H3. The highest BCUT2D eigenvalue weighted by molar-refractivity contribution is 6.08. The quantitative estimate of drug-likeness (QED) is 0.510. The predicted molar refractivity (Wildman–Crippen MR) is 59.3 cm³/mol. The zero-order chi connectivity index (χ0) is 11.6. The van der Waals surface area contributed by atoms with E-state index < -0.39 is 5.41 Å². The fourth-order valence-electron chi connectivity index (χ4n) is 2.17. The molecule has 1 amide bonds. The van der Waals surface area contributed by atoms with Crippen LogP contribution in [0.3, 0.4) is 0 Å². The SMILES string of the molecule is C=CC1CC1(C(C)=O)C(=O)N(CC)CC. The van der Waals surface area contributed by atoms with Crippen molar-refractivity contribution in [2.75, 3.05) is 13.1 Å². The van der Waals surface area contributed by atoms with Gasteiger partial charge in [-0.1, -0.05) is 6.08 Å². The topological polar surface area (TPSA) is 37.4 Å². The molecule has 0 saturated heterocycles. The monoisotopic (exact) mass is 209 g/mol. The summed E-state index contributed by atoms with van der Waals surface area (Å²) in [7, 11) is 0. The Bertz CT molecular complexity index is 294. The summed E-state index contributed by atoms with van der Waals surface area (Å²) < 4.78 is 0. The van der Waals surface area contributed by atoms with E-state index in [1.807, 2.05) is 13.8 Å². The van der Waals surface area contributed by atoms with Gasteiger partial charge in [0, 0.05) is 13.1 Å². The van der Waals surface area contributed by atoms with Crippen LogP contribution in [-0.4, -0.2) is 29.7 Å². The second kappa shape index (κ2) is 4.17. The lowest BCUT2D eigenvalue weighted by Gasteiger charge is -2.24. The predicted octanol–water partition coefficient (Wildman–Crippen LogP) is 1.64. The molecule has 1 rings (SSSR count). The van der Waals surface area contributed by atoms with Crippen LogP contribution in [0.4, 0.5) is 0 Å². The van der Waals surface area contributed by atoms with Gasteiger partial charge in [0.15, 0.2) is 0 Å². The highest BCUT2D eigenvalue weighted by Gasteiger charge is 2.63. The number of allylic oxidation sites excluding steroid dienone is 1. The number of carbonyl (C=O) groups excluding carboxylic acids is 2. The van der Waals surface area contributed by atoms with E-state index in [0.717, 1.165) is 0 Å². The maximum Gasteiger partial charge on any atom is 0.236 e. The first-order valence-corrected chi connectivity index (χ1v) is 5.47. The van der Waals surface area contributed by atoms with E-state index in [-0.39, 0.29) is 17.6 Å². The second-order valence-electron chi connectivity index (χ2n) is 4.05. The van der Waals surface area contributed by atoms with Gasteiger partial charge in [-0.15, -0.1) is 6.58 Å². The molecule has 0 spiro atoms. The Hall–Kier alpha value is -1.12. The lowest BCUT2D eigenvalue weighted by Crippen LogP contribution is -2.41. The number of hydrogen-bond acceptors (Lipinski definition) is 2. The average molecular weight is 209 g/mol. The van der Waals surface area contributed by atoms with E-state index in [2.05, 4.69) is 6.58 Å². The molecule has 84 valence electrons. The van der Waals surface area contributed by atoms with Crippen LogP contribution >= 0.6 is 0 Å². The molecule has 15 heavy (non-hydrogen) atoms. The van der Waals surface area contributed by atoms with Crippen molar-refractivity contribution in [3.05, 3.63) is 12.7 Å². The third kappa shape index (κ3) is 1.71. The van der Waals surface area contributed by atoms with Crippen LogP contribution in [0, 0.1) is 11.3 Å². The van der Waals surface area contributed by atoms with Crippen LogP contribution in [0.15, 0.2) is 12.7 Å². The van der Waals surface area contributed by atoms with Crippen LogP contribution in [0.5, 0.6) is 0 Å². The molecule has 0 aromatic carbocycles. The molecule has 2 unspecified atom stereocenters. The number of hydrogen-bond donors (Lipinski definition) is 0. The van der Waals surface area contributed by atoms with Gasteiger partial charge in [0.2, 0.25) is 5.91 Å². The zero-order valence-electron chi connectivity index (χ0n) is 9.75. The summed E-state index contributed by atoms with van der Waals surface area (Å²) in [5.74, 6) is -0.00250.